The van der Waals surface area contributed by atoms with Crippen molar-refractivity contribution in [3.05, 3.63) is 53.3 Å². The van der Waals surface area contributed by atoms with Crippen LogP contribution in [0.3, 0.4) is 0 Å². The number of pyridine rings is 1. The number of nitrogens with one attached hydrogen (secondary N) is 1. The largest absolute Gasteiger partial charge is 0.493 e. The van der Waals surface area contributed by atoms with Crippen molar-refractivity contribution in [2.24, 2.45) is 0 Å². The summed E-state index contributed by atoms with van der Waals surface area (Å²) < 4.78 is 10.9. The summed E-state index contributed by atoms with van der Waals surface area (Å²) in [6.45, 7) is 6.27. The molecule has 2 aromatic rings. The average Bonchev–Trinajstić information content (AvgIpc) is 2.51. The van der Waals surface area contributed by atoms with Gasteiger partial charge in [-0.25, -0.2) is 0 Å². The number of aryl methyl sites for hydroxylation is 1. The highest BCUT2D eigenvalue weighted by Crippen LogP contribution is 2.27. The third kappa shape index (κ3) is 4.20. The van der Waals surface area contributed by atoms with Crippen LogP contribution in [0.25, 0.3) is 0 Å². The van der Waals surface area contributed by atoms with Crippen molar-refractivity contribution in [2.45, 2.75) is 26.9 Å². The Kier molecular flexibility index (Phi) is 5.58. The monoisotopic (exact) mass is 286 g/mol. The molecule has 0 atom stereocenters. The van der Waals surface area contributed by atoms with Crippen molar-refractivity contribution in [3.63, 3.8) is 0 Å². The quantitative estimate of drug-likeness (QED) is 0.849. The standard InChI is InChI=1S/C17H22N2O2/c1-4-21-16-6-5-14(9-17(16)20-3)10-19-12-15-11-18-8-7-13(15)2/h5-9,11,19H,4,10,12H2,1-3H3. The smallest absolute Gasteiger partial charge is 0.161 e. The fourth-order valence-electron chi connectivity index (χ4n) is 2.12. The first-order chi connectivity index (χ1) is 10.2. The first kappa shape index (κ1) is 15.3. The summed E-state index contributed by atoms with van der Waals surface area (Å²) in [5.41, 5.74) is 3.63. The Morgan fingerprint density at radius 3 is 2.71 bits per heavy atom. The van der Waals surface area contributed by atoms with E-state index in [2.05, 4.69) is 23.3 Å². The van der Waals surface area contributed by atoms with E-state index in [1.54, 1.807) is 7.11 Å². The predicted octanol–water partition coefficient (Wildman–Crippen LogP) is 3.09. The fraction of sp³-hybridized carbons (Fsp3) is 0.353. The Bertz CT molecular complexity index is 585. The van der Waals surface area contributed by atoms with Gasteiger partial charge in [0.2, 0.25) is 0 Å². The van der Waals surface area contributed by atoms with Crippen molar-refractivity contribution >= 4 is 0 Å². The maximum atomic E-state index is 5.52. The molecule has 4 heteroatoms. The van der Waals surface area contributed by atoms with Crippen molar-refractivity contribution in [1.29, 1.82) is 0 Å². The third-order valence-electron chi connectivity index (χ3n) is 3.32. The van der Waals surface area contributed by atoms with Crippen LogP contribution in [0, 0.1) is 6.92 Å². The summed E-state index contributed by atoms with van der Waals surface area (Å²) in [6.07, 6.45) is 3.72. The molecule has 4 nitrogen and oxygen atoms in total. The van der Waals surface area contributed by atoms with Crippen molar-refractivity contribution in [1.82, 2.24) is 10.3 Å². The van der Waals surface area contributed by atoms with E-state index >= 15 is 0 Å². The summed E-state index contributed by atoms with van der Waals surface area (Å²) in [4.78, 5) is 4.15. The van der Waals surface area contributed by atoms with Crippen LogP contribution in [0.1, 0.15) is 23.6 Å². The van der Waals surface area contributed by atoms with Crippen LogP contribution >= 0.6 is 0 Å². The van der Waals surface area contributed by atoms with Gasteiger partial charge in [0.05, 0.1) is 13.7 Å². The lowest BCUT2D eigenvalue weighted by atomic mass is 10.1. The normalized spacial score (nSPS) is 10.4. The van der Waals surface area contributed by atoms with Crippen LogP contribution in [0.5, 0.6) is 11.5 Å². The third-order valence-corrected chi connectivity index (χ3v) is 3.32. The summed E-state index contributed by atoms with van der Waals surface area (Å²) in [6, 6.07) is 8.04. The zero-order valence-electron chi connectivity index (χ0n) is 12.8. The zero-order chi connectivity index (χ0) is 15.1. The van der Waals surface area contributed by atoms with Gasteiger partial charge in [-0.15, -0.1) is 0 Å². The Labute approximate surface area is 126 Å². The van der Waals surface area contributed by atoms with Crippen LogP contribution in [-0.4, -0.2) is 18.7 Å². The molecule has 0 aliphatic rings. The zero-order valence-corrected chi connectivity index (χ0v) is 12.8. The Hall–Kier alpha value is -2.07. The van der Waals surface area contributed by atoms with Gasteiger partial charge in [0.1, 0.15) is 0 Å². The molecule has 0 amide bonds. The minimum atomic E-state index is 0.633. The van der Waals surface area contributed by atoms with Crippen LogP contribution in [-0.2, 0) is 13.1 Å². The second kappa shape index (κ2) is 7.64. The number of benzene rings is 1. The summed E-state index contributed by atoms with van der Waals surface area (Å²) >= 11 is 0. The van der Waals surface area contributed by atoms with Crippen LogP contribution in [0.4, 0.5) is 0 Å². The van der Waals surface area contributed by atoms with Gasteiger partial charge in [-0.2, -0.15) is 0 Å². The Balaban J connectivity index is 1.96. The SMILES string of the molecule is CCOc1ccc(CNCc2cnccc2C)cc1OC. The van der Waals surface area contributed by atoms with Gasteiger partial charge in [-0.1, -0.05) is 6.07 Å². The second-order valence-electron chi connectivity index (χ2n) is 4.82. The van der Waals surface area contributed by atoms with E-state index in [-0.39, 0.29) is 0 Å². The van der Waals surface area contributed by atoms with Crippen molar-refractivity contribution in [2.75, 3.05) is 13.7 Å². The molecule has 0 spiro atoms. The van der Waals surface area contributed by atoms with Gasteiger partial charge in [0, 0.05) is 25.5 Å². The highest BCUT2D eigenvalue weighted by Gasteiger charge is 2.05. The topological polar surface area (TPSA) is 43.4 Å². The molecular formula is C17H22N2O2. The molecule has 1 aromatic heterocycles. The molecule has 1 heterocycles. The van der Waals surface area contributed by atoms with E-state index in [0.29, 0.717) is 6.61 Å². The van der Waals surface area contributed by atoms with E-state index in [1.807, 2.05) is 37.5 Å². The first-order valence-electron chi connectivity index (χ1n) is 7.14. The predicted molar refractivity (Wildman–Crippen MR) is 83.7 cm³/mol. The van der Waals surface area contributed by atoms with Gasteiger partial charge in [-0.05, 0) is 48.7 Å². The molecular weight excluding hydrogens is 264 g/mol. The number of hydrogen-bond donors (Lipinski definition) is 1. The molecule has 2 rings (SSSR count). The number of ether oxygens (including phenoxy) is 2. The molecule has 1 aromatic carbocycles. The van der Waals surface area contributed by atoms with Gasteiger partial charge < -0.3 is 14.8 Å². The van der Waals surface area contributed by atoms with E-state index in [4.69, 9.17) is 9.47 Å². The van der Waals surface area contributed by atoms with E-state index in [0.717, 1.165) is 30.2 Å². The molecule has 0 aliphatic heterocycles. The molecule has 0 fully saturated rings. The van der Waals surface area contributed by atoms with Crippen molar-refractivity contribution in [3.8, 4) is 11.5 Å². The summed E-state index contributed by atoms with van der Waals surface area (Å²) in [5, 5.41) is 3.43. The molecule has 1 N–H and O–H groups in total. The van der Waals surface area contributed by atoms with Crippen molar-refractivity contribution < 1.29 is 9.47 Å². The average molecular weight is 286 g/mol. The Morgan fingerprint density at radius 2 is 2.00 bits per heavy atom. The van der Waals surface area contributed by atoms with E-state index < -0.39 is 0 Å². The number of aromatic nitrogens is 1. The molecule has 0 saturated heterocycles. The van der Waals surface area contributed by atoms with Gasteiger partial charge in [0.25, 0.3) is 0 Å². The molecule has 0 saturated carbocycles. The second-order valence-corrected chi connectivity index (χ2v) is 4.82. The molecule has 112 valence electrons. The highest BCUT2D eigenvalue weighted by molar-refractivity contribution is 5.43. The van der Waals surface area contributed by atoms with Crippen LogP contribution < -0.4 is 14.8 Å². The number of nitrogens with zero attached hydrogens (tertiary/aromatic N) is 1. The van der Waals surface area contributed by atoms with E-state index in [1.165, 1.54) is 11.1 Å². The maximum absolute atomic E-state index is 5.52. The molecule has 0 bridgehead atoms. The van der Waals surface area contributed by atoms with Crippen LogP contribution in [0.2, 0.25) is 0 Å². The molecule has 21 heavy (non-hydrogen) atoms. The van der Waals surface area contributed by atoms with Gasteiger partial charge in [-0.3, -0.25) is 4.98 Å². The number of rotatable bonds is 7. The summed E-state index contributed by atoms with van der Waals surface area (Å²) in [5.74, 6) is 1.56. The van der Waals surface area contributed by atoms with E-state index in [9.17, 15) is 0 Å². The molecule has 0 unspecified atom stereocenters. The van der Waals surface area contributed by atoms with Gasteiger partial charge in [0.15, 0.2) is 11.5 Å². The van der Waals surface area contributed by atoms with Crippen LogP contribution in [0.15, 0.2) is 36.7 Å². The lowest BCUT2D eigenvalue weighted by Crippen LogP contribution is -2.13. The lowest BCUT2D eigenvalue weighted by Gasteiger charge is -2.12. The lowest BCUT2D eigenvalue weighted by molar-refractivity contribution is 0.310. The molecule has 0 radical (unpaired) electrons. The highest BCUT2D eigenvalue weighted by atomic mass is 16.5. The minimum Gasteiger partial charge on any atom is -0.493 e. The number of hydrogen-bond acceptors (Lipinski definition) is 4. The fourth-order valence-corrected chi connectivity index (χ4v) is 2.12. The summed E-state index contributed by atoms with van der Waals surface area (Å²) in [7, 11) is 1.66. The minimum absolute atomic E-state index is 0.633. The van der Waals surface area contributed by atoms with Gasteiger partial charge >= 0.3 is 0 Å². The molecule has 0 aliphatic carbocycles. The maximum Gasteiger partial charge on any atom is 0.161 e. The first-order valence-corrected chi connectivity index (χ1v) is 7.14. The number of methoxy groups -OCH3 is 1. The Morgan fingerprint density at radius 1 is 1.14 bits per heavy atom.